The van der Waals surface area contributed by atoms with Crippen molar-refractivity contribution in [2.24, 2.45) is 0 Å². The minimum atomic E-state index is -0.488. The van der Waals surface area contributed by atoms with Gasteiger partial charge in [0.25, 0.3) is 0 Å². The van der Waals surface area contributed by atoms with E-state index in [1.165, 1.54) is 0 Å². The van der Waals surface area contributed by atoms with Crippen LogP contribution in [0.2, 0.25) is 0 Å². The van der Waals surface area contributed by atoms with Crippen LogP contribution in [0.4, 0.5) is 0 Å². The van der Waals surface area contributed by atoms with Crippen LogP contribution < -0.4 is 4.74 Å². The number of phenolic OH excluding ortho intramolecular Hbond substituents is 1. The van der Waals surface area contributed by atoms with Crippen LogP contribution in [0.25, 0.3) is 10.8 Å². The van der Waals surface area contributed by atoms with Gasteiger partial charge < -0.3 is 9.84 Å². The van der Waals surface area contributed by atoms with Gasteiger partial charge >= 0.3 is 5.97 Å². The number of carbonyl (C=O) groups excluding carboxylic acids is 1. The van der Waals surface area contributed by atoms with E-state index >= 15 is 0 Å². The summed E-state index contributed by atoms with van der Waals surface area (Å²) in [5.41, 5.74) is 1.62. The molecule has 0 saturated carbocycles. The predicted octanol–water partition coefficient (Wildman–Crippen LogP) is 3.60. The third-order valence-electron chi connectivity index (χ3n) is 3.88. The summed E-state index contributed by atoms with van der Waals surface area (Å²) in [6.07, 6.45) is 0. The maximum absolute atomic E-state index is 12.3. The second-order valence-corrected chi connectivity index (χ2v) is 5.12. The van der Waals surface area contributed by atoms with Gasteiger partial charge in [-0.1, -0.05) is 54.6 Å². The van der Waals surface area contributed by atoms with E-state index in [0.29, 0.717) is 0 Å². The maximum atomic E-state index is 12.3. The van der Waals surface area contributed by atoms with Gasteiger partial charge in [0.05, 0.1) is 0 Å². The second kappa shape index (κ2) is 4.35. The fraction of sp³-hybridized carbons (Fsp3) is 0.0556. The largest absolute Gasteiger partial charge is 0.504 e. The molecule has 1 heterocycles. The van der Waals surface area contributed by atoms with Gasteiger partial charge in [-0.25, -0.2) is 0 Å². The second-order valence-electron chi connectivity index (χ2n) is 5.12. The first-order valence-corrected chi connectivity index (χ1v) is 6.77. The van der Waals surface area contributed by atoms with Crippen molar-refractivity contribution in [3.8, 4) is 11.5 Å². The Morgan fingerprint density at radius 3 is 2.48 bits per heavy atom. The number of rotatable bonds is 1. The monoisotopic (exact) mass is 276 g/mol. The van der Waals surface area contributed by atoms with Gasteiger partial charge in [-0.05, 0) is 22.4 Å². The Morgan fingerprint density at radius 1 is 0.952 bits per heavy atom. The van der Waals surface area contributed by atoms with E-state index in [-0.39, 0.29) is 17.5 Å². The van der Waals surface area contributed by atoms with Crippen LogP contribution in [-0.4, -0.2) is 11.1 Å². The number of fused-ring (bicyclic) bond motifs is 3. The van der Waals surface area contributed by atoms with Crippen molar-refractivity contribution >= 4 is 16.7 Å². The van der Waals surface area contributed by atoms with Crippen LogP contribution in [0.5, 0.6) is 11.5 Å². The molecule has 3 nitrogen and oxygen atoms in total. The average molecular weight is 276 g/mol. The summed E-state index contributed by atoms with van der Waals surface area (Å²) in [7, 11) is 0. The van der Waals surface area contributed by atoms with Crippen molar-refractivity contribution in [2.45, 2.75) is 5.92 Å². The molecule has 3 aromatic carbocycles. The quantitative estimate of drug-likeness (QED) is 0.545. The summed E-state index contributed by atoms with van der Waals surface area (Å²) < 4.78 is 5.32. The van der Waals surface area contributed by atoms with Crippen LogP contribution in [0.3, 0.4) is 0 Å². The Morgan fingerprint density at radius 2 is 1.67 bits per heavy atom. The Labute approximate surface area is 121 Å². The van der Waals surface area contributed by atoms with Crippen LogP contribution >= 0.6 is 0 Å². The Hall–Kier alpha value is -2.81. The van der Waals surface area contributed by atoms with Crippen molar-refractivity contribution in [3.05, 3.63) is 71.8 Å². The van der Waals surface area contributed by atoms with Crippen molar-refractivity contribution in [2.75, 3.05) is 0 Å². The fourth-order valence-electron chi connectivity index (χ4n) is 2.96. The minimum Gasteiger partial charge on any atom is -0.504 e. The van der Waals surface area contributed by atoms with Gasteiger partial charge in [0.1, 0.15) is 5.92 Å². The predicted molar refractivity (Wildman–Crippen MR) is 79.5 cm³/mol. The lowest BCUT2D eigenvalue weighted by molar-refractivity contribution is -0.133. The standard InChI is InChI=1S/C18H12O3/c19-14-10-12-8-4-5-9-13(12)16-15(18(20)21-17(14)16)11-6-2-1-3-7-11/h1-10,15,19H. The molecular formula is C18H12O3. The SMILES string of the molecule is O=C1Oc2c(O)cc3ccccc3c2C1c1ccccc1. The van der Waals surface area contributed by atoms with E-state index in [2.05, 4.69) is 0 Å². The zero-order valence-electron chi connectivity index (χ0n) is 11.1. The van der Waals surface area contributed by atoms with Gasteiger partial charge in [0, 0.05) is 5.56 Å². The molecule has 1 unspecified atom stereocenters. The van der Waals surface area contributed by atoms with Crippen LogP contribution in [0.1, 0.15) is 17.0 Å². The molecule has 1 aliphatic heterocycles. The summed E-state index contributed by atoms with van der Waals surface area (Å²) in [6, 6.07) is 18.8. The molecule has 1 aliphatic rings. The van der Waals surface area contributed by atoms with E-state index in [1.807, 2.05) is 54.6 Å². The lowest BCUT2D eigenvalue weighted by Crippen LogP contribution is -2.11. The summed E-state index contributed by atoms with van der Waals surface area (Å²) in [6.45, 7) is 0. The summed E-state index contributed by atoms with van der Waals surface area (Å²) >= 11 is 0. The Kier molecular flexibility index (Phi) is 2.48. The highest BCUT2D eigenvalue weighted by Gasteiger charge is 2.37. The molecule has 0 aliphatic carbocycles. The number of hydrogen-bond acceptors (Lipinski definition) is 3. The molecule has 0 radical (unpaired) electrons. The zero-order valence-corrected chi connectivity index (χ0v) is 11.1. The minimum absolute atomic E-state index is 0.00970. The summed E-state index contributed by atoms with van der Waals surface area (Å²) in [4.78, 5) is 12.3. The number of ether oxygens (including phenoxy) is 1. The average Bonchev–Trinajstić information content (AvgIpc) is 2.86. The van der Waals surface area contributed by atoms with Gasteiger partial charge in [0.15, 0.2) is 11.5 Å². The molecule has 21 heavy (non-hydrogen) atoms. The van der Waals surface area contributed by atoms with Crippen LogP contribution in [0.15, 0.2) is 60.7 Å². The third-order valence-corrected chi connectivity index (χ3v) is 3.88. The molecule has 0 saturated heterocycles. The van der Waals surface area contributed by atoms with E-state index < -0.39 is 5.92 Å². The third kappa shape index (κ3) is 1.71. The topological polar surface area (TPSA) is 46.5 Å². The molecule has 102 valence electrons. The number of hydrogen-bond donors (Lipinski definition) is 1. The molecule has 0 amide bonds. The number of aromatic hydroxyl groups is 1. The highest BCUT2D eigenvalue weighted by Crippen LogP contribution is 2.48. The van der Waals surface area contributed by atoms with E-state index in [1.54, 1.807) is 6.07 Å². The molecule has 0 spiro atoms. The summed E-state index contributed by atoms with van der Waals surface area (Å²) in [5.74, 6) is -0.538. The molecule has 4 rings (SSSR count). The number of phenols is 1. The summed E-state index contributed by atoms with van der Waals surface area (Å²) in [5, 5.41) is 12.0. The van der Waals surface area contributed by atoms with E-state index in [4.69, 9.17) is 4.74 Å². The Balaban J connectivity index is 2.06. The van der Waals surface area contributed by atoms with Crippen molar-refractivity contribution in [1.29, 1.82) is 0 Å². The van der Waals surface area contributed by atoms with Crippen LogP contribution in [0, 0.1) is 0 Å². The molecular weight excluding hydrogens is 264 g/mol. The maximum Gasteiger partial charge on any atom is 0.323 e. The zero-order chi connectivity index (χ0) is 14.4. The highest BCUT2D eigenvalue weighted by atomic mass is 16.5. The number of benzene rings is 3. The van der Waals surface area contributed by atoms with Gasteiger partial charge in [-0.15, -0.1) is 0 Å². The molecule has 1 atom stereocenters. The lowest BCUT2D eigenvalue weighted by Gasteiger charge is -2.11. The van der Waals surface area contributed by atoms with Gasteiger partial charge in [-0.3, -0.25) is 4.79 Å². The smallest absolute Gasteiger partial charge is 0.323 e. The van der Waals surface area contributed by atoms with Crippen LogP contribution in [-0.2, 0) is 4.79 Å². The van der Waals surface area contributed by atoms with Gasteiger partial charge in [0.2, 0.25) is 0 Å². The number of carbonyl (C=O) groups is 1. The lowest BCUT2D eigenvalue weighted by atomic mass is 9.89. The molecule has 3 heteroatoms. The highest BCUT2D eigenvalue weighted by molar-refractivity contribution is 6.01. The molecule has 3 aromatic rings. The molecule has 1 N–H and O–H groups in total. The number of esters is 1. The molecule has 0 fully saturated rings. The van der Waals surface area contributed by atoms with Crippen molar-refractivity contribution in [1.82, 2.24) is 0 Å². The van der Waals surface area contributed by atoms with Gasteiger partial charge in [-0.2, -0.15) is 0 Å². The molecule has 0 aromatic heterocycles. The normalized spacial score (nSPS) is 16.8. The molecule has 0 bridgehead atoms. The van der Waals surface area contributed by atoms with E-state index in [9.17, 15) is 9.90 Å². The van der Waals surface area contributed by atoms with Crippen molar-refractivity contribution < 1.29 is 14.6 Å². The van der Waals surface area contributed by atoms with Crippen molar-refractivity contribution in [3.63, 3.8) is 0 Å². The first-order valence-electron chi connectivity index (χ1n) is 6.77. The first kappa shape index (κ1) is 12.0. The Bertz CT molecular complexity index is 853. The van der Waals surface area contributed by atoms with E-state index in [0.717, 1.165) is 21.9 Å². The first-order chi connectivity index (χ1) is 10.3. The fourth-order valence-corrected chi connectivity index (χ4v) is 2.96.